The van der Waals surface area contributed by atoms with E-state index in [2.05, 4.69) is 10.6 Å². The predicted octanol–water partition coefficient (Wildman–Crippen LogP) is 1.32. The van der Waals surface area contributed by atoms with Crippen molar-refractivity contribution < 1.29 is 19.1 Å². The fourth-order valence-corrected chi connectivity index (χ4v) is 1.76. The van der Waals surface area contributed by atoms with E-state index in [1.807, 2.05) is 0 Å². The molecule has 6 heteroatoms. The topological polar surface area (TPSA) is 78.4 Å². The summed E-state index contributed by atoms with van der Waals surface area (Å²) in [6, 6.07) is 3.70. The highest BCUT2D eigenvalue weighted by Crippen LogP contribution is 2.18. The van der Waals surface area contributed by atoms with Crippen LogP contribution < -0.4 is 10.6 Å². The van der Waals surface area contributed by atoms with Crippen LogP contribution in [0.25, 0.3) is 0 Å². The number of nitrogens with one attached hydrogen (secondary N) is 2. The molecule has 0 radical (unpaired) electrons. The smallest absolute Gasteiger partial charge is 0.254 e. The highest BCUT2D eigenvalue weighted by molar-refractivity contribution is 5.94. The molecule has 0 bridgehead atoms. The lowest BCUT2D eigenvalue weighted by atomic mass is 10.2. The Balaban J connectivity index is 1.70. The Morgan fingerprint density at radius 2 is 2.10 bits per heavy atom. The van der Waals surface area contributed by atoms with Crippen LogP contribution in [0.15, 0.2) is 18.2 Å². The van der Waals surface area contributed by atoms with Gasteiger partial charge in [-0.3, -0.25) is 9.59 Å². The van der Waals surface area contributed by atoms with Crippen LogP contribution in [0.5, 0.6) is 5.75 Å². The van der Waals surface area contributed by atoms with Gasteiger partial charge >= 0.3 is 0 Å². The molecule has 108 valence electrons. The van der Waals surface area contributed by atoms with Crippen molar-refractivity contribution in [2.75, 3.05) is 6.54 Å². The monoisotopic (exact) mass is 280 g/mol. The van der Waals surface area contributed by atoms with Crippen molar-refractivity contribution in [2.24, 2.45) is 0 Å². The maximum Gasteiger partial charge on any atom is 0.254 e. The molecule has 1 saturated carbocycles. The Hall–Kier alpha value is -2.11. The number of phenolic OH excluding ortho intramolecular Hbond substituents is 1. The summed E-state index contributed by atoms with van der Waals surface area (Å²) in [4.78, 5) is 23.1. The number of hydrogen-bond acceptors (Lipinski definition) is 3. The summed E-state index contributed by atoms with van der Waals surface area (Å²) < 4.78 is 13.4. The summed E-state index contributed by atoms with van der Waals surface area (Å²) in [6.07, 6.45) is 2.93. The van der Waals surface area contributed by atoms with E-state index in [4.69, 9.17) is 5.11 Å². The quantitative estimate of drug-likeness (QED) is 0.688. The zero-order chi connectivity index (χ0) is 14.5. The lowest BCUT2D eigenvalue weighted by molar-refractivity contribution is -0.121. The predicted molar refractivity (Wildman–Crippen MR) is 70.8 cm³/mol. The van der Waals surface area contributed by atoms with Crippen LogP contribution in [-0.2, 0) is 4.79 Å². The molecule has 0 spiro atoms. The Morgan fingerprint density at radius 3 is 2.75 bits per heavy atom. The first-order chi connectivity index (χ1) is 9.56. The van der Waals surface area contributed by atoms with Crippen LogP contribution in [0.2, 0.25) is 0 Å². The van der Waals surface area contributed by atoms with E-state index in [0.717, 1.165) is 18.9 Å². The van der Waals surface area contributed by atoms with Crippen molar-refractivity contribution in [3.63, 3.8) is 0 Å². The van der Waals surface area contributed by atoms with Crippen molar-refractivity contribution in [1.82, 2.24) is 10.6 Å². The number of carbonyl (C=O) groups excluding carboxylic acids is 2. The highest BCUT2D eigenvalue weighted by Gasteiger charge is 2.22. The molecule has 1 aromatic rings. The second-order valence-corrected chi connectivity index (χ2v) is 4.87. The Bertz CT molecular complexity index is 515. The fraction of sp³-hybridized carbons (Fsp3) is 0.429. The molecule has 1 aliphatic rings. The third-order valence-electron chi connectivity index (χ3n) is 3.01. The SMILES string of the molecule is O=C(CCCNC(=O)c1ccc(O)cc1F)NC1CC1. The van der Waals surface area contributed by atoms with E-state index in [0.29, 0.717) is 25.4 Å². The minimum atomic E-state index is -0.769. The number of hydrogen-bond donors (Lipinski definition) is 3. The largest absolute Gasteiger partial charge is 0.508 e. The second kappa shape index (κ2) is 6.36. The molecule has 20 heavy (non-hydrogen) atoms. The van der Waals surface area contributed by atoms with E-state index in [1.54, 1.807) is 0 Å². The zero-order valence-corrected chi connectivity index (χ0v) is 11.0. The van der Waals surface area contributed by atoms with E-state index < -0.39 is 11.7 Å². The van der Waals surface area contributed by atoms with Crippen molar-refractivity contribution >= 4 is 11.8 Å². The molecule has 0 atom stereocenters. The first-order valence-corrected chi connectivity index (χ1v) is 6.62. The van der Waals surface area contributed by atoms with Gasteiger partial charge in [-0.1, -0.05) is 0 Å². The molecule has 1 aromatic carbocycles. The maximum atomic E-state index is 13.4. The molecule has 0 aromatic heterocycles. The van der Waals surface area contributed by atoms with E-state index >= 15 is 0 Å². The zero-order valence-electron chi connectivity index (χ0n) is 11.0. The molecular formula is C14H17FN2O3. The molecule has 0 unspecified atom stereocenters. The summed E-state index contributed by atoms with van der Waals surface area (Å²) >= 11 is 0. The lowest BCUT2D eigenvalue weighted by Crippen LogP contribution is -2.28. The van der Waals surface area contributed by atoms with Gasteiger partial charge in [-0.25, -0.2) is 4.39 Å². The number of aromatic hydroxyl groups is 1. The van der Waals surface area contributed by atoms with Crippen molar-refractivity contribution in [3.05, 3.63) is 29.6 Å². The number of carbonyl (C=O) groups is 2. The van der Waals surface area contributed by atoms with Gasteiger partial charge in [-0.15, -0.1) is 0 Å². The molecule has 0 heterocycles. The number of rotatable bonds is 6. The van der Waals surface area contributed by atoms with Crippen molar-refractivity contribution in [2.45, 2.75) is 31.7 Å². The second-order valence-electron chi connectivity index (χ2n) is 4.87. The first-order valence-electron chi connectivity index (χ1n) is 6.62. The van der Waals surface area contributed by atoms with Gasteiger partial charge in [0.15, 0.2) is 0 Å². The average Bonchev–Trinajstić information content (AvgIpc) is 3.18. The highest BCUT2D eigenvalue weighted by atomic mass is 19.1. The summed E-state index contributed by atoms with van der Waals surface area (Å²) in [5.41, 5.74) is -0.120. The Labute approximate surface area is 116 Å². The third kappa shape index (κ3) is 4.22. The number of benzene rings is 1. The Morgan fingerprint density at radius 1 is 1.35 bits per heavy atom. The van der Waals surface area contributed by atoms with Crippen LogP contribution in [0.1, 0.15) is 36.0 Å². The molecule has 5 nitrogen and oxygen atoms in total. The minimum Gasteiger partial charge on any atom is -0.508 e. The Kier molecular flexibility index (Phi) is 4.55. The van der Waals surface area contributed by atoms with Crippen LogP contribution >= 0.6 is 0 Å². The fourth-order valence-electron chi connectivity index (χ4n) is 1.76. The molecule has 1 fully saturated rings. The van der Waals surface area contributed by atoms with Gasteiger partial charge in [-0.05, 0) is 31.4 Å². The summed E-state index contributed by atoms with van der Waals surface area (Å²) in [7, 11) is 0. The van der Waals surface area contributed by atoms with Crippen molar-refractivity contribution in [3.8, 4) is 5.75 Å². The maximum absolute atomic E-state index is 13.4. The van der Waals surface area contributed by atoms with Gasteiger partial charge in [0.25, 0.3) is 5.91 Å². The number of amides is 2. The van der Waals surface area contributed by atoms with Gasteiger partial charge in [-0.2, -0.15) is 0 Å². The van der Waals surface area contributed by atoms with E-state index in [1.165, 1.54) is 12.1 Å². The average molecular weight is 280 g/mol. The van der Waals surface area contributed by atoms with Gasteiger partial charge in [0.1, 0.15) is 11.6 Å². The van der Waals surface area contributed by atoms with Gasteiger partial charge in [0.2, 0.25) is 5.91 Å². The molecular weight excluding hydrogens is 263 g/mol. The summed E-state index contributed by atoms with van der Waals surface area (Å²) in [5, 5.41) is 14.4. The summed E-state index contributed by atoms with van der Waals surface area (Å²) in [6.45, 7) is 0.303. The molecule has 2 amide bonds. The molecule has 3 N–H and O–H groups in total. The van der Waals surface area contributed by atoms with Gasteiger partial charge in [0, 0.05) is 25.1 Å². The minimum absolute atomic E-state index is 0.0161. The third-order valence-corrected chi connectivity index (χ3v) is 3.01. The number of phenols is 1. The van der Waals surface area contributed by atoms with Crippen LogP contribution in [0.3, 0.4) is 0 Å². The first kappa shape index (κ1) is 14.3. The molecule has 1 aliphatic carbocycles. The number of halogens is 1. The van der Waals surface area contributed by atoms with Gasteiger partial charge < -0.3 is 15.7 Å². The van der Waals surface area contributed by atoms with Gasteiger partial charge in [0.05, 0.1) is 5.56 Å². The lowest BCUT2D eigenvalue weighted by Gasteiger charge is -2.07. The standard InChI is InChI=1S/C14H17FN2O3/c15-12-8-10(18)5-6-11(12)14(20)16-7-1-2-13(19)17-9-3-4-9/h5-6,8-9,18H,1-4,7H2,(H,16,20)(H,17,19). The van der Waals surface area contributed by atoms with Crippen LogP contribution in [0, 0.1) is 5.82 Å². The summed E-state index contributed by atoms with van der Waals surface area (Å²) in [5.74, 6) is -1.56. The molecule has 0 aliphatic heterocycles. The van der Waals surface area contributed by atoms with Crippen molar-refractivity contribution in [1.29, 1.82) is 0 Å². The van der Waals surface area contributed by atoms with Crippen LogP contribution in [-0.4, -0.2) is 29.5 Å². The van der Waals surface area contributed by atoms with E-state index in [-0.39, 0.29) is 17.2 Å². The molecule has 0 saturated heterocycles. The normalized spacial score (nSPS) is 13.8. The van der Waals surface area contributed by atoms with E-state index in [9.17, 15) is 14.0 Å². The van der Waals surface area contributed by atoms with Crippen LogP contribution in [0.4, 0.5) is 4.39 Å². The molecule has 2 rings (SSSR count).